The van der Waals surface area contributed by atoms with Crippen LogP contribution in [0.25, 0.3) is 0 Å². The largest absolute Gasteiger partial charge is 0.497 e. The lowest BCUT2D eigenvalue weighted by molar-refractivity contribution is -0.125. The molecule has 0 saturated heterocycles. The summed E-state index contributed by atoms with van der Waals surface area (Å²) in [5.74, 6) is 1.25. The van der Waals surface area contributed by atoms with E-state index in [-0.39, 0.29) is 5.41 Å². The Balaban J connectivity index is 0.000000174. The van der Waals surface area contributed by atoms with Gasteiger partial charge in [-0.2, -0.15) is 0 Å². The van der Waals surface area contributed by atoms with Gasteiger partial charge in [-0.25, -0.2) is 0 Å². The van der Waals surface area contributed by atoms with Crippen LogP contribution in [0.1, 0.15) is 44.2 Å². The van der Waals surface area contributed by atoms with E-state index in [1.54, 1.807) is 14.0 Å². The molecule has 0 unspecified atom stereocenters. The minimum Gasteiger partial charge on any atom is -0.497 e. The summed E-state index contributed by atoms with van der Waals surface area (Å²) in [5, 5.41) is 0. The second kappa shape index (κ2) is 7.96. The maximum Gasteiger partial charge on any atom is 0.140 e. The summed E-state index contributed by atoms with van der Waals surface area (Å²) in [4.78, 5) is 11.5. The molecule has 0 aliphatic heterocycles. The number of benzene rings is 2. The van der Waals surface area contributed by atoms with Crippen LogP contribution in [0.3, 0.4) is 0 Å². The molecule has 2 nitrogen and oxygen atoms in total. The lowest BCUT2D eigenvalue weighted by Gasteiger charge is -2.40. The second-order valence-electron chi connectivity index (χ2n) is 6.06. The molecule has 23 heavy (non-hydrogen) atoms. The number of methoxy groups -OCH3 is 1. The Hall–Kier alpha value is -2.09. The average molecular weight is 310 g/mol. The highest BCUT2D eigenvalue weighted by molar-refractivity contribution is 5.89. The van der Waals surface area contributed by atoms with Crippen molar-refractivity contribution in [3.63, 3.8) is 0 Å². The zero-order chi connectivity index (χ0) is 16.7. The fourth-order valence-electron chi connectivity index (χ4n) is 2.99. The smallest absolute Gasteiger partial charge is 0.140 e. The quantitative estimate of drug-likeness (QED) is 0.798. The van der Waals surface area contributed by atoms with E-state index < -0.39 is 0 Å². The van der Waals surface area contributed by atoms with E-state index >= 15 is 0 Å². The van der Waals surface area contributed by atoms with Crippen molar-refractivity contribution in [2.45, 2.75) is 44.9 Å². The molecule has 1 aliphatic carbocycles. The number of carbonyl (C=O) groups excluding carboxylic acids is 1. The van der Waals surface area contributed by atoms with Crippen LogP contribution in [0, 0.1) is 0 Å². The normalized spacial score (nSPS) is 14.9. The van der Waals surface area contributed by atoms with Gasteiger partial charge < -0.3 is 4.74 Å². The zero-order valence-corrected chi connectivity index (χ0v) is 14.3. The number of carbonyl (C=O) groups is 1. The maximum atomic E-state index is 11.5. The van der Waals surface area contributed by atoms with Crippen molar-refractivity contribution < 1.29 is 9.53 Å². The van der Waals surface area contributed by atoms with Gasteiger partial charge in [0.25, 0.3) is 0 Å². The highest BCUT2D eigenvalue weighted by Crippen LogP contribution is 2.44. The van der Waals surface area contributed by atoms with Gasteiger partial charge in [0.1, 0.15) is 11.5 Å². The molecule has 0 aromatic heterocycles. The zero-order valence-electron chi connectivity index (χ0n) is 14.3. The van der Waals surface area contributed by atoms with Crippen molar-refractivity contribution in [2.75, 3.05) is 7.11 Å². The minimum atomic E-state index is -0.124. The van der Waals surface area contributed by atoms with Gasteiger partial charge in [-0.1, -0.05) is 55.8 Å². The molecule has 2 heteroatoms. The van der Waals surface area contributed by atoms with Crippen LogP contribution < -0.4 is 4.74 Å². The van der Waals surface area contributed by atoms with E-state index in [4.69, 9.17) is 4.74 Å². The van der Waals surface area contributed by atoms with Crippen LogP contribution in [0.15, 0.2) is 54.6 Å². The van der Waals surface area contributed by atoms with Crippen molar-refractivity contribution in [3.8, 4) is 5.75 Å². The standard InChI is InChI=1S/C12H14O.C9H12O/c1-10(13)12(8-5-9-12)11-6-3-2-4-7-11;1-3-8-4-6-9(10-2)7-5-8/h2-4,6-7H,5,8-9H2,1H3;4-7H,3H2,1-2H3. The molecule has 2 aromatic carbocycles. The van der Waals surface area contributed by atoms with Crippen molar-refractivity contribution in [1.82, 2.24) is 0 Å². The molecule has 2 aromatic rings. The predicted molar refractivity (Wildman–Crippen MR) is 95.0 cm³/mol. The summed E-state index contributed by atoms with van der Waals surface area (Å²) in [6, 6.07) is 18.3. The van der Waals surface area contributed by atoms with Crippen LogP contribution in [-0.2, 0) is 16.6 Å². The van der Waals surface area contributed by atoms with Gasteiger partial charge in [0, 0.05) is 0 Å². The Morgan fingerprint density at radius 3 is 2.04 bits per heavy atom. The third-order valence-electron chi connectivity index (χ3n) is 4.77. The minimum absolute atomic E-state index is 0.124. The van der Waals surface area contributed by atoms with Crippen molar-refractivity contribution >= 4 is 5.78 Å². The van der Waals surface area contributed by atoms with Crippen LogP contribution in [0.4, 0.5) is 0 Å². The van der Waals surface area contributed by atoms with Crippen molar-refractivity contribution in [3.05, 3.63) is 65.7 Å². The van der Waals surface area contributed by atoms with Gasteiger partial charge >= 0.3 is 0 Å². The monoisotopic (exact) mass is 310 g/mol. The van der Waals surface area contributed by atoms with Gasteiger partial charge in [-0.15, -0.1) is 0 Å². The summed E-state index contributed by atoms with van der Waals surface area (Å²) in [5.41, 5.74) is 2.43. The number of hydrogen-bond donors (Lipinski definition) is 0. The molecule has 1 saturated carbocycles. The summed E-state index contributed by atoms with van der Waals surface area (Å²) >= 11 is 0. The van der Waals surface area contributed by atoms with Crippen LogP contribution in [0.2, 0.25) is 0 Å². The first-order valence-corrected chi connectivity index (χ1v) is 8.32. The summed E-state index contributed by atoms with van der Waals surface area (Å²) in [6.45, 7) is 3.86. The van der Waals surface area contributed by atoms with E-state index in [1.807, 2.05) is 30.3 Å². The first kappa shape index (κ1) is 17.3. The Kier molecular flexibility index (Phi) is 5.97. The van der Waals surface area contributed by atoms with Gasteiger partial charge in [0.05, 0.1) is 12.5 Å². The molecule has 0 bridgehead atoms. The number of rotatable bonds is 4. The Morgan fingerprint density at radius 2 is 1.65 bits per heavy atom. The highest BCUT2D eigenvalue weighted by Gasteiger charge is 2.42. The summed E-state index contributed by atoms with van der Waals surface area (Å²) in [7, 11) is 1.68. The second-order valence-corrected chi connectivity index (χ2v) is 6.06. The number of ether oxygens (including phenoxy) is 1. The topological polar surface area (TPSA) is 26.3 Å². The average Bonchev–Trinajstić information content (AvgIpc) is 2.55. The molecule has 1 fully saturated rings. The molecule has 3 rings (SSSR count). The molecular weight excluding hydrogens is 284 g/mol. The molecule has 0 radical (unpaired) electrons. The number of aryl methyl sites for hydroxylation is 1. The maximum absolute atomic E-state index is 11.5. The van der Waals surface area contributed by atoms with E-state index in [9.17, 15) is 4.79 Å². The van der Waals surface area contributed by atoms with E-state index in [1.165, 1.54) is 17.5 Å². The fraction of sp³-hybridized carbons (Fsp3) is 0.381. The van der Waals surface area contributed by atoms with Crippen molar-refractivity contribution in [2.24, 2.45) is 0 Å². The Morgan fingerprint density at radius 1 is 1.04 bits per heavy atom. The first-order valence-electron chi connectivity index (χ1n) is 8.32. The van der Waals surface area contributed by atoms with Crippen molar-refractivity contribution in [1.29, 1.82) is 0 Å². The number of ketones is 1. The molecule has 0 amide bonds. The lowest BCUT2D eigenvalue weighted by Crippen LogP contribution is -2.40. The predicted octanol–water partition coefficient (Wildman–Crippen LogP) is 4.95. The summed E-state index contributed by atoms with van der Waals surface area (Å²) < 4.78 is 5.01. The third-order valence-corrected chi connectivity index (χ3v) is 4.77. The van der Waals surface area contributed by atoms with E-state index in [0.29, 0.717) is 5.78 Å². The van der Waals surface area contributed by atoms with Gasteiger partial charge in [0.2, 0.25) is 0 Å². The SMILES string of the molecule is CC(=O)C1(c2ccccc2)CCC1.CCc1ccc(OC)cc1. The molecule has 122 valence electrons. The Bertz CT molecular complexity index is 587. The summed E-state index contributed by atoms with van der Waals surface area (Å²) in [6.07, 6.45) is 4.34. The molecule has 1 aliphatic rings. The molecule has 0 N–H and O–H groups in total. The number of hydrogen-bond acceptors (Lipinski definition) is 2. The molecular formula is C21H26O2. The molecule has 0 heterocycles. The number of Topliss-reactive ketones (excluding diaryl/α,β-unsaturated/α-hetero) is 1. The van der Waals surface area contributed by atoms with Gasteiger partial charge in [-0.3, -0.25) is 4.79 Å². The van der Waals surface area contributed by atoms with Crippen LogP contribution in [0.5, 0.6) is 5.75 Å². The van der Waals surface area contributed by atoms with Gasteiger partial charge in [0.15, 0.2) is 0 Å². The van der Waals surface area contributed by atoms with E-state index in [0.717, 1.165) is 25.0 Å². The Labute approximate surface area is 139 Å². The fourth-order valence-corrected chi connectivity index (χ4v) is 2.99. The third kappa shape index (κ3) is 4.01. The lowest BCUT2D eigenvalue weighted by atomic mass is 9.62. The van der Waals surface area contributed by atoms with E-state index in [2.05, 4.69) is 31.2 Å². The molecule has 0 atom stereocenters. The molecule has 0 spiro atoms. The van der Waals surface area contributed by atoms with Crippen LogP contribution >= 0.6 is 0 Å². The highest BCUT2D eigenvalue weighted by atomic mass is 16.5. The van der Waals surface area contributed by atoms with Gasteiger partial charge in [-0.05, 0) is 49.4 Å². The first-order chi connectivity index (χ1) is 11.1. The van der Waals surface area contributed by atoms with Crippen LogP contribution in [-0.4, -0.2) is 12.9 Å².